The van der Waals surface area contributed by atoms with E-state index in [0.717, 1.165) is 32.8 Å². The Hall–Kier alpha value is -1.17. The third-order valence-corrected chi connectivity index (χ3v) is 3.38. The molecule has 98 valence electrons. The molecule has 1 aliphatic rings. The van der Waals surface area contributed by atoms with E-state index in [9.17, 15) is 4.79 Å². The Balaban J connectivity index is 2.00. The lowest BCUT2D eigenvalue weighted by atomic mass is 10.2. The number of rotatable bonds is 4. The Morgan fingerprint density at radius 1 is 1.50 bits per heavy atom. The highest BCUT2D eigenvalue weighted by Gasteiger charge is 2.15. The average Bonchev–Trinajstić information content (AvgIpc) is 2.38. The van der Waals surface area contributed by atoms with Crippen molar-refractivity contribution in [2.45, 2.75) is 6.42 Å². The van der Waals surface area contributed by atoms with Gasteiger partial charge < -0.3 is 9.84 Å². The molecule has 0 atom stereocenters. The minimum Gasteiger partial charge on any atom is -0.478 e. The van der Waals surface area contributed by atoms with Crippen molar-refractivity contribution in [1.82, 2.24) is 9.88 Å². The van der Waals surface area contributed by atoms with E-state index in [-0.39, 0.29) is 10.6 Å². The molecule has 0 spiro atoms. The van der Waals surface area contributed by atoms with Gasteiger partial charge in [-0.3, -0.25) is 9.88 Å². The van der Waals surface area contributed by atoms with Gasteiger partial charge in [-0.25, -0.2) is 4.79 Å². The third-order valence-electron chi connectivity index (χ3n) is 2.96. The average molecular weight is 271 g/mol. The summed E-state index contributed by atoms with van der Waals surface area (Å²) in [5.41, 5.74) is 0.756. The Bertz CT molecular complexity index is 433. The molecular weight excluding hydrogens is 256 g/mol. The number of carboxylic acid groups (broad SMARTS) is 1. The van der Waals surface area contributed by atoms with Crippen LogP contribution < -0.4 is 0 Å². The first-order valence-corrected chi connectivity index (χ1v) is 6.23. The summed E-state index contributed by atoms with van der Waals surface area (Å²) in [7, 11) is 0. The lowest BCUT2D eigenvalue weighted by molar-refractivity contribution is 0.0383. The van der Waals surface area contributed by atoms with E-state index in [1.165, 1.54) is 12.3 Å². The molecule has 1 N–H and O–H groups in total. The van der Waals surface area contributed by atoms with Crippen LogP contribution in [-0.2, 0) is 11.2 Å². The topological polar surface area (TPSA) is 62.7 Å². The number of aromatic carboxylic acids is 1. The van der Waals surface area contributed by atoms with Crippen molar-refractivity contribution >= 4 is 17.6 Å². The van der Waals surface area contributed by atoms with Crippen molar-refractivity contribution in [3.8, 4) is 0 Å². The highest BCUT2D eigenvalue weighted by atomic mass is 35.5. The van der Waals surface area contributed by atoms with Crippen LogP contribution >= 0.6 is 11.6 Å². The Labute approximate surface area is 110 Å². The molecule has 1 fully saturated rings. The summed E-state index contributed by atoms with van der Waals surface area (Å²) in [6.07, 6.45) is 2.14. The Morgan fingerprint density at radius 3 is 2.89 bits per heavy atom. The molecule has 2 rings (SSSR count). The first-order chi connectivity index (χ1) is 8.68. The van der Waals surface area contributed by atoms with Gasteiger partial charge in [0.05, 0.1) is 29.5 Å². The summed E-state index contributed by atoms with van der Waals surface area (Å²) in [6, 6.07) is 1.42. The molecule has 18 heavy (non-hydrogen) atoms. The fourth-order valence-corrected chi connectivity index (χ4v) is 2.20. The Morgan fingerprint density at radius 2 is 2.22 bits per heavy atom. The quantitative estimate of drug-likeness (QED) is 0.894. The number of halogens is 1. The second-order valence-electron chi connectivity index (χ2n) is 4.13. The van der Waals surface area contributed by atoms with Gasteiger partial charge in [0, 0.05) is 32.3 Å². The zero-order chi connectivity index (χ0) is 13.0. The standard InChI is InChI=1S/C12H15ClN2O3/c13-11-9(12(16)17)1-3-14-10(11)2-4-15-5-7-18-8-6-15/h1,3H,2,4-8H2,(H,16,17). The predicted molar refractivity (Wildman–Crippen MR) is 67.2 cm³/mol. The van der Waals surface area contributed by atoms with Crippen LogP contribution in [0.25, 0.3) is 0 Å². The maximum atomic E-state index is 10.9. The molecule has 0 amide bonds. The maximum Gasteiger partial charge on any atom is 0.337 e. The lowest BCUT2D eigenvalue weighted by Gasteiger charge is -2.26. The zero-order valence-electron chi connectivity index (χ0n) is 9.93. The molecule has 5 nitrogen and oxygen atoms in total. The van der Waals surface area contributed by atoms with Crippen LogP contribution in [-0.4, -0.2) is 53.8 Å². The van der Waals surface area contributed by atoms with Crippen molar-refractivity contribution in [2.24, 2.45) is 0 Å². The molecule has 0 radical (unpaired) electrons. The van der Waals surface area contributed by atoms with Crippen molar-refractivity contribution in [3.63, 3.8) is 0 Å². The number of aromatic nitrogens is 1. The number of ether oxygens (including phenoxy) is 1. The molecular formula is C12H15ClN2O3. The lowest BCUT2D eigenvalue weighted by Crippen LogP contribution is -2.37. The number of hydrogen-bond donors (Lipinski definition) is 1. The summed E-state index contributed by atoms with van der Waals surface area (Å²) in [5.74, 6) is -1.02. The van der Waals surface area contributed by atoms with Gasteiger partial charge in [0.25, 0.3) is 0 Å². The van der Waals surface area contributed by atoms with Gasteiger partial charge >= 0.3 is 5.97 Å². The van der Waals surface area contributed by atoms with Gasteiger partial charge in [-0.05, 0) is 6.07 Å². The van der Waals surface area contributed by atoms with Gasteiger partial charge in [-0.15, -0.1) is 0 Å². The molecule has 1 aromatic heterocycles. The number of hydrogen-bond acceptors (Lipinski definition) is 4. The number of pyridine rings is 1. The van der Waals surface area contributed by atoms with Crippen molar-refractivity contribution in [3.05, 3.63) is 28.5 Å². The van der Waals surface area contributed by atoms with Crippen LogP contribution in [0.4, 0.5) is 0 Å². The zero-order valence-corrected chi connectivity index (χ0v) is 10.7. The van der Waals surface area contributed by atoms with E-state index in [0.29, 0.717) is 12.1 Å². The monoisotopic (exact) mass is 270 g/mol. The first-order valence-electron chi connectivity index (χ1n) is 5.85. The minimum atomic E-state index is -1.02. The van der Waals surface area contributed by atoms with Crippen LogP contribution in [0.15, 0.2) is 12.3 Å². The van der Waals surface area contributed by atoms with E-state index in [4.69, 9.17) is 21.4 Å². The van der Waals surface area contributed by atoms with Crippen molar-refractivity contribution in [2.75, 3.05) is 32.8 Å². The molecule has 6 heteroatoms. The highest BCUT2D eigenvalue weighted by molar-refractivity contribution is 6.34. The van der Waals surface area contributed by atoms with Crippen LogP contribution in [0.2, 0.25) is 5.02 Å². The largest absolute Gasteiger partial charge is 0.478 e. The smallest absolute Gasteiger partial charge is 0.337 e. The summed E-state index contributed by atoms with van der Waals surface area (Å²) < 4.78 is 5.26. The molecule has 0 bridgehead atoms. The highest BCUT2D eigenvalue weighted by Crippen LogP contribution is 2.19. The van der Waals surface area contributed by atoms with Crippen molar-refractivity contribution < 1.29 is 14.6 Å². The molecule has 2 heterocycles. The Kier molecular flexibility index (Phi) is 4.52. The summed E-state index contributed by atoms with van der Waals surface area (Å²) in [4.78, 5) is 17.4. The van der Waals surface area contributed by atoms with E-state index in [1.807, 2.05) is 0 Å². The van der Waals surface area contributed by atoms with Crippen LogP contribution in [0.1, 0.15) is 16.1 Å². The van der Waals surface area contributed by atoms with Gasteiger partial charge in [0.2, 0.25) is 0 Å². The van der Waals surface area contributed by atoms with Gasteiger partial charge in [-0.1, -0.05) is 11.6 Å². The second-order valence-corrected chi connectivity index (χ2v) is 4.51. The number of morpholine rings is 1. The predicted octanol–water partition coefficient (Wildman–Crippen LogP) is 1.31. The van der Waals surface area contributed by atoms with Crippen LogP contribution in [0, 0.1) is 0 Å². The summed E-state index contributed by atoms with van der Waals surface area (Å²) in [6.45, 7) is 4.11. The fraction of sp³-hybridized carbons (Fsp3) is 0.500. The summed E-state index contributed by atoms with van der Waals surface area (Å²) >= 11 is 6.03. The van der Waals surface area contributed by atoms with Crippen LogP contribution in [0.5, 0.6) is 0 Å². The SMILES string of the molecule is O=C(O)c1ccnc(CCN2CCOCC2)c1Cl. The van der Waals surface area contributed by atoms with Gasteiger partial charge in [0.1, 0.15) is 0 Å². The maximum absolute atomic E-state index is 10.9. The molecule has 0 aromatic carbocycles. The normalized spacial score (nSPS) is 16.7. The van der Waals surface area contributed by atoms with E-state index < -0.39 is 5.97 Å². The van der Waals surface area contributed by atoms with E-state index in [2.05, 4.69) is 9.88 Å². The number of carboxylic acids is 1. The molecule has 0 saturated carbocycles. The minimum absolute atomic E-state index is 0.114. The van der Waals surface area contributed by atoms with Gasteiger partial charge in [0.15, 0.2) is 0 Å². The van der Waals surface area contributed by atoms with Gasteiger partial charge in [-0.2, -0.15) is 0 Å². The van der Waals surface area contributed by atoms with E-state index in [1.54, 1.807) is 0 Å². The summed E-state index contributed by atoms with van der Waals surface area (Å²) in [5, 5.41) is 9.22. The first kappa shape index (κ1) is 13.3. The van der Waals surface area contributed by atoms with Crippen LogP contribution in [0.3, 0.4) is 0 Å². The molecule has 0 unspecified atom stereocenters. The van der Waals surface area contributed by atoms with E-state index >= 15 is 0 Å². The molecule has 1 aliphatic heterocycles. The third kappa shape index (κ3) is 3.19. The van der Waals surface area contributed by atoms with Crippen molar-refractivity contribution in [1.29, 1.82) is 0 Å². The molecule has 1 saturated heterocycles. The fourth-order valence-electron chi connectivity index (χ4n) is 1.92. The molecule has 1 aromatic rings. The molecule has 0 aliphatic carbocycles. The number of carbonyl (C=O) groups is 1. The number of nitrogens with zero attached hydrogens (tertiary/aromatic N) is 2. The second kappa shape index (κ2) is 6.13.